The third-order valence-electron chi connectivity index (χ3n) is 6.94. The largest absolute Gasteiger partial charge is 0.493 e. The molecule has 0 aliphatic carbocycles. The van der Waals surface area contributed by atoms with Gasteiger partial charge in [-0.1, -0.05) is 54.9 Å². The molecule has 0 saturated heterocycles. The topological polar surface area (TPSA) is 113 Å². The Hall–Kier alpha value is -5.13. The zero-order valence-corrected chi connectivity index (χ0v) is 24.4. The molecule has 0 radical (unpaired) electrons. The van der Waals surface area contributed by atoms with E-state index in [1.807, 2.05) is 42.5 Å². The highest BCUT2D eigenvalue weighted by Crippen LogP contribution is 2.45. The number of ether oxygens (including phenoxy) is 5. The number of rotatable bonds is 10. The highest BCUT2D eigenvalue weighted by Gasteiger charge is 2.32. The molecule has 1 aliphatic rings. The first kappa shape index (κ1) is 29.4. The van der Waals surface area contributed by atoms with Crippen LogP contribution in [0.5, 0.6) is 28.7 Å². The van der Waals surface area contributed by atoms with Crippen molar-refractivity contribution in [3.05, 3.63) is 124 Å². The lowest BCUT2D eigenvalue weighted by Gasteiger charge is -2.27. The van der Waals surface area contributed by atoms with Crippen molar-refractivity contribution in [1.82, 2.24) is 0 Å². The summed E-state index contributed by atoms with van der Waals surface area (Å²) in [6, 6.07) is 27.5. The van der Waals surface area contributed by atoms with E-state index in [1.165, 1.54) is 5.56 Å². The molecule has 0 aromatic heterocycles. The monoisotopic (exact) mass is 596 g/mol. The fourth-order valence-electron chi connectivity index (χ4n) is 4.69. The van der Waals surface area contributed by atoms with E-state index in [0.717, 1.165) is 17.5 Å². The minimum Gasteiger partial charge on any atom is -0.493 e. The van der Waals surface area contributed by atoms with E-state index in [1.54, 1.807) is 49.6 Å². The third-order valence-corrected chi connectivity index (χ3v) is 7.19. The number of esters is 1. The number of fused-ring (bicyclic) bond motifs is 1. The number of benzene rings is 4. The van der Waals surface area contributed by atoms with E-state index in [0.29, 0.717) is 40.2 Å². The molecular weight excluding hydrogens is 568 g/mol. The fourth-order valence-corrected chi connectivity index (χ4v) is 4.82. The lowest BCUT2D eigenvalue weighted by molar-refractivity contribution is -0.136. The van der Waals surface area contributed by atoms with E-state index in [2.05, 4.69) is 13.0 Å². The Morgan fingerprint density at radius 3 is 2.35 bits per heavy atom. The van der Waals surface area contributed by atoms with Crippen LogP contribution in [-0.2, 0) is 17.8 Å². The molecule has 218 valence electrons. The lowest BCUT2D eigenvalue weighted by Crippen LogP contribution is -2.22. The molecule has 9 heteroatoms. The lowest BCUT2D eigenvalue weighted by atomic mass is 9.83. The van der Waals surface area contributed by atoms with Crippen molar-refractivity contribution in [3.63, 3.8) is 0 Å². The van der Waals surface area contributed by atoms with Crippen LogP contribution in [0, 0.1) is 11.3 Å². The van der Waals surface area contributed by atoms with Crippen LogP contribution >= 0.6 is 11.6 Å². The van der Waals surface area contributed by atoms with Gasteiger partial charge in [-0.05, 0) is 65.6 Å². The normalized spacial score (nSPS) is 13.8. The fraction of sp³-hybridized carbons (Fsp3) is 0.176. The molecule has 0 spiro atoms. The molecule has 1 unspecified atom stereocenters. The van der Waals surface area contributed by atoms with Gasteiger partial charge < -0.3 is 29.4 Å². The minimum absolute atomic E-state index is 0.0376. The first-order chi connectivity index (χ1) is 20.9. The van der Waals surface area contributed by atoms with Gasteiger partial charge in [-0.25, -0.2) is 4.79 Å². The van der Waals surface area contributed by atoms with Crippen LogP contribution in [0.3, 0.4) is 0 Å². The SMILES string of the molecule is CCc1ccc(OCC(=O)Oc2ccc3c(c2)OC(N)=C(C#N)C3c2ccc(OCc3ccc(Cl)cc3)c(OC)c2)cc1. The Morgan fingerprint density at radius 1 is 0.930 bits per heavy atom. The van der Waals surface area contributed by atoms with Gasteiger partial charge in [0.2, 0.25) is 5.88 Å². The van der Waals surface area contributed by atoms with Gasteiger partial charge in [-0.3, -0.25) is 0 Å². The average molecular weight is 597 g/mol. The highest BCUT2D eigenvalue weighted by atomic mass is 35.5. The number of carbonyl (C=O) groups excluding carboxylic acids is 1. The number of hydrogen-bond donors (Lipinski definition) is 1. The van der Waals surface area contributed by atoms with Crippen LogP contribution in [0.4, 0.5) is 0 Å². The molecule has 1 atom stereocenters. The number of hydrogen-bond acceptors (Lipinski definition) is 8. The van der Waals surface area contributed by atoms with Gasteiger partial charge in [0.05, 0.1) is 13.0 Å². The Bertz CT molecular complexity index is 1690. The molecule has 43 heavy (non-hydrogen) atoms. The van der Waals surface area contributed by atoms with Crippen LogP contribution < -0.4 is 29.4 Å². The summed E-state index contributed by atoms with van der Waals surface area (Å²) in [5.74, 6) is 1.06. The number of methoxy groups -OCH3 is 1. The molecule has 0 amide bonds. The molecule has 0 bridgehead atoms. The molecule has 8 nitrogen and oxygen atoms in total. The van der Waals surface area contributed by atoms with Gasteiger partial charge >= 0.3 is 5.97 Å². The molecule has 2 N–H and O–H groups in total. The first-order valence-corrected chi connectivity index (χ1v) is 14.0. The molecule has 1 aliphatic heterocycles. The van der Waals surface area contributed by atoms with Gasteiger partial charge in [-0.15, -0.1) is 0 Å². The maximum atomic E-state index is 12.5. The van der Waals surface area contributed by atoms with Crippen LogP contribution in [0.15, 0.2) is 96.4 Å². The second-order valence-electron chi connectivity index (χ2n) is 9.71. The van der Waals surface area contributed by atoms with Gasteiger partial charge in [0.15, 0.2) is 18.1 Å². The van der Waals surface area contributed by atoms with Gasteiger partial charge in [0, 0.05) is 16.7 Å². The van der Waals surface area contributed by atoms with E-state index in [9.17, 15) is 10.1 Å². The average Bonchev–Trinajstić information content (AvgIpc) is 3.03. The van der Waals surface area contributed by atoms with Crippen LogP contribution in [0.25, 0.3) is 0 Å². The first-order valence-electron chi connectivity index (χ1n) is 13.6. The molecule has 0 saturated carbocycles. The summed E-state index contributed by atoms with van der Waals surface area (Å²) in [4.78, 5) is 12.5. The summed E-state index contributed by atoms with van der Waals surface area (Å²) in [6.07, 6.45) is 0.914. The van der Waals surface area contributed by atoms with Gasteiger partial charge in [-0.2, -0.15) is 5.26 Å². The van der Waals surface area contributed by atoms with E-state index in [-0.39, 0.29) is 23.8 Å². The second kappa shape index (κ2) is 13.2. The molecule has 4 aromatic rings. The van der Waals surface area contributed by atoms with Crippen LogP contribution in [-0.4, -0.2) is 19.7 Å². The van der Waals surface area contributed by atoms with Crippen molar-refractivity contribution >= 4 is 17.6 Å². The van der Waals surface area contributed by atoms with E-state index >= 15 is 0 Å². The Balaban J connectivity index is 1.33. The van der Waals surface area contributed by atoms with E-state index in [4.69, 9.17) is 41.0 Å². The van der Waals surface area contributed by atoms with Gasteiger partial charge in [0.1, 0.15) is 35.5 Å². The molecule has 1 heterocycles. The van der Waals surface area contributed by atoms with Crippen molar-refractivity contribution in [1.29, 1.82) is 5.26 Å². The summed E-state index contributed by atoms with van der Waals surface area (Å²) in [6.45, 7) is 2.12. The number of nitrogens with zero attached hydrogens (tertiary/aromatic N) is 1. The number of nitrogens with two attached hydrogens (primary N) is 1. The van der Waals surface area contributed by atoms with Crippen LogP contribution in [0.2, 0.25) is 5.02 Å². The number of aryl methyl sites for hydroxylation is 1. The predicted octanol–water partition coefficient (Wildman–Crippen LogP) is 6.69. The van der Waals surface area contributed by atoms with E-state index < -0.39 is 11.9 Å². The smallest absolute Gasteiger partial charge is 0.349 e. The van der Waals surface area contributed by atoms with Crippen LogP contribution in [0.1, 0.15) is 35.1 Å². The minimum atomic E-state index is -0.577. The zero-order chi connectivity index (χ0) is 30.3. The standard InChI is InChI=1S/C34H29ClN2O6/c1-3-21-6-11-25(12-7-21)40-20-32(38)42-26-13-14-27-30(17-26)43-34(37)28(18-36)33(27)23-8-15-29(31(16-23)39-2)41-19-22-4-9-24(35)10-5-22/h4-17,33H,3,19-20,37H2,1-2H3. The summed E-state index contributed by atoms with van der Waals surface area (Å²) in [5, 5.41) is 10.6. The third kappa shape index (κ3) is 6.85. The summed E-state index contributed by atoms with van der Waals surface area (Å²) in [7, 11) is 1.55. The van der Waals surface area contributed by atoms with Crippen molar-refractivity contribution < 1.29 is 28.5 Å². The number of halogens is 1. The van der Waals surface area contributed by atoms with Crippen molar-refractivity contribution in [2.24, 2.45) is 5.73 Å². The Labute approximate surface area is 254 Å². The predicted molar refractivity (Wildman–Crippen MR) is 161 cm³/mol. The quantitative estimate of drug-likeness (QED) is 0.159. The summed E-state index contributed by atoms with van der Waals surface area (Å²) in [5.41, 5.74) is 9.97. The van der Waals surface area contributed by atoms with Crippen molar-refractivity contribution in [2.75, 3.05) is 13.7 Å². The summed E-state index contributed by atoms with van der Waals surface area (Å²) < 4.78 is 28.4. The van der Waals surface area contributed by atoms with Crippen molar-refractivity contribution in [3.8, 4) is 34.8 Å². The van der Waals surface area contributed by atoms with Crippen molar-refractivity contribution in [2.45, 2.75) is 25.9 Å². The molecular formula is C34H29ClN2O6. The molecule has 5 rings (SSSR count). The highest BCUT2D eigenvalue weighted by molar-refractivity contribution is 6.30. The maximum Gasteiger partial charge on any atom is 0.349 e. The molecule has 0 fully saturated rings. The number of carbonyl (C=O) groups is 1. The zero-order valence-electron chi connectivity index (χ0n) is 23.6. The maximum absolute atomic E-state index is 12.5. The second-order valence-corrected chi connectivity index (χ2v) is 10.1. The number of allylic oxidation sites excluding steroid dienone is 1. The number of nitriles is 1. The molecule has 4 aromatic carbocycles. The Kier molecular flexibility index (Phi) is 9.04. The Morgan fingerprint density at radius 2 is 1.65 bits per heavy atom. The van der Waals surface area contributed by atoms with Gasteiger partial charge in [0.25, 0.3) is 0 Å². The summed E-state index contributed by atoms with van der Waals surface area (Å²) >= 11 is 5.98.